The molecule has 5 aromatic rings. The first-order chi connectivity index (χ1) is 20.4. The van der Waals surface area contributed by atoms with Gasteiger partial charge >= 0.3 is 0 Å². The second-order valence-corrected chi connectivity index (χ2v) is 10.6. The summed E-state index contributed by atoms with van der Waals surface area (Å²) in [5.74, 6) is 1.76. The van der Waals surface area contributed by atoms with Crippen LogP contribution in [0.4, 0.5) is 5.82 Å². The number of pyridine rings is 1. The van der Waals surface area contributed by atoms with Gasteiger partial charge in [-0.05, 0) is 35.9 Å². The molecule has 42 heavy (non-hydrogen) atoms. The van der Waals surface area contributed by atoms with E-state index in [2.05, 4.69) is 17.1 Å². The topological polar surface area (TPSA) is 142 Å². The molecule has 5 rings (SSSR count). The van der Waals surface area contributed by atoms with E-state index in [4.69, 9.17) is 48.2 Å². The van der Waals surface area contributed by atoms with Gasteiger partial charge in [0.05, 0.1) is 27.9 Å². The summed E-state index contributed by atoms with van der Waals surface area (Å²) >= 11 is 13.6. The molecule has 0 saturated carbocycles. The van der Waals surface area contributed by atoms with Crippen LogP contribution in [0.1, 0.15) is 16.8 Å². The lowest BCUT2D eigenvalue weighted by Gasteiger charge is -2.13. The highest BCUT2D eigenvalue weighted by atomic mass is 35.5. The van der Waals surface area contributed by atoms with Crippen LogP contribution < -0.4 is 10.5 Å². The molecule has 2 aromatic heterocycles. The first-order valence-corrected chi connectivity index (χ1v) is 14.3. The molecule has 3 N–H and O–H groups in total. The number of nitrogen functional groups attached to an aromatic ring is 1. The minimum atomic E-state index is -0.118. The smallest absolute Gasteiger partial charge is 0.227 e. The Morgan fingerprint density at radius 3 is 2.26 bits per heavy atom. The van der Waals surface area contributed by atoms with Crippen LogP contribution in [-0.4, -0.2) is 28.3 Å². The lowest BCUT2D eigenvalue weighted by Crippen LogP contribution is -2.04. The standard InChI is InChI=1S/C31H21Cl2N5O3S/c32-24-11-8-20(14-25(24)33)30-37-26(28(41-30)19-4-2-1-3-5-19)17-42-31-23(16-35)27(22(15-34)29(36)38-31)18-6-9-21(10-7-18)40-13-12-39/h1-11,14,39H,12-13,17H2,(H2,36,38). The molecule has 208 valence electrons. The summed E-state index contributed by atoms with van der Waals surface area (Å²) in [4.78, 5) is 9.17. The molecule has 11 heteroatoms. The number of aromatic nitrogens is 2. The molecule has 0 bridgehead atoms. The number of anilines is 1. The Hall–Kier alpha value is -4.51. The minimum Gasteiger partial charge on any atom is -0.491 e. The molecule has 0 atom stereocenters. The van der Waals surface area contributed by atoms with Gasteiger partial charge in [0.1, 0.15) is 40.9 Å². The number of thioether (sulfide) groups is 1. The Kier molecular flexibility index (Phi) is 8.97. The Morgan fingerprint density at radius 2 is 1.60 bits per heavy atom. The molecular weight excluding hydrogens is 593 g/mol. The van der Waals surface area contributed by atoms with Crippen LogP contribution in [0.3, 0.4) is 0 Å². The normalized spacial score (nSPS) is 10.7. The number of hydrogen-bond acceptors (Lipinski definition) is 9. The van der Waals surface area contributed by atoms with E-state index in [-0.39, 0.29) is 35.9 Å². The molecule has 0 fully saturated rings. The lowest BCUT2D eigenvalue weighted by molar-refractivity contribution is 0.201. The largest absolute Gasteiger partial charge is 0.491 e. The van der Waals surface area contributed by atoms with Crippen molar-refractivity contribution in [3.05, 3.63) is 99.7 Å². The predicted molar refractivity (Wildman–Crippen MR) is 163 cm³/mol. The molecule has 0 radical (unpaired) electrons. The molecule has 0 saturated heterocycles. The number of oxazole rings is 1. The number of nitriles is 2. The molecule has 8 nitrogen and oxygen atoms in total. The fourth-order valence-electron chi connectivity index (χ4n) is 4.23. The number of nitrogens with zero attached hydrogens (tertiary/aromatic N) is 4. The zero-order valence-corrected chi connectivity index (χ0v) is 24.2. The number of nitrogens with two attached hydrogens (primary N) is 1. The molecule has 0 unspecified atom stereocenters. The summed E-state index contributed by atoms with van der Waals surface area (Å²) in [6.45, 7) is 0.0296. The Bertz CT molecular complexity index is 1830. The average Bonchev–Trinajstić information content (AvgIpc) is 3.45. The Labute approximate surface area is 255 Å². The zero-order valence-electron chi connectivity index (χ0n) is 21.8. The summed E-state index contributed by atoms with van der Waals surface area (Å²) in [5, 5.41) is 30.2. The van der Waals surface area contributed by atoms with E-state index in [1.807, 2.05) is 30.3 Å². The maximum absolute atomic E-state index is 10.2. The molecule has 0 aliphatic heterocycles. The van der Waals surface area contributed by atoms with Crippen molar-refractivity contribution in [1.29, 1.82) is 10.5 Å². The van der Waals surface area contributed by atoms with Gasteiger partial charge in [-0.1, -0.05) is 77.4 Å². The number of halogens is 2. The third-order valence-corrected chi connectivity index (χ3v) is 7.89. The maximum atomic E-state index is 10.2. The fraction of sp³-hybridized carbons (Fsp3) is 0.0968. The highest BCUT2D eigenvalue weighted by Gasteiger charge is 2.23. The molecule has 0 amide bonds. The van der Waals surface area contributed by atoms with Crippen LogP contribution in [0.25, 0.3) is 33.9 Å². The second-order valence-electron chi connectivity index (χ2n) is 8.83. The van der Waals surface area contributed by atoms with Gasteiger partial charge < -0.3 is 20.0 Å². The van der Waals surface area contributed by atoms with Crippen molar-refractivity contribution in [2.75, 3.05) is 18.9 Å². The zero-order chi connectivity index (χ0) is 29.6. The Balaban J connectivity index is 1.54. The maximum Gasteiger partial charge on any atom is 0.227 e. The van der Waals surface area contributed by atoms with Crippen molar-refractivity contribution >= 4 is 40.8 Å². The SMILES string of the molecule is N#Cc1c(N)nc(SCc2nc(-c3ccc(Cl)c(Cl)c3)oc2-c2ccccc2)c(C#N)c1-c1ccc(OCCO)cc1. The number of ether oxygens (including phenoxy) is 1. The van der Waals surface area contributed by atoms with Gasteiger partial charge in [0.15, 0.2) is 5.76 Å². The molecule has 0 spiro atoms. The lowest BCUT2D eigenvalue weighted by atomic mass is 9.97. The highest BCUT2D eigenvalue weighted by molar-refractivity contribution is 7.98. The van der Waals surface area contributed by atoms with Crippen molar-refractivity contribution in [1.82, 2.24) is 9.97 Å². The predicted octanol–water partition coefficient (Wildman–Crippen LogP) is 7.37. The van der Waals surface area contributed by atoms with E-state index in [1.54, 1.807) is 42.5 Å². The van der Waals surface area contributed by atoms with E-state index >= 15 is 0 Å². The molecule has 0 aliphatic rings. The Morgan fingerprint density at radius 1 is 0.881 bits per heavy atom. The summed E-state index contributed by atoms with van der Waals surface area (Å²) in [6, 6.07) is 25.8. The van der Waals surface area contributed by atoms with Gasteiger partial charge in [-0.3, -0.25) is 0 Å². The average molecular weight is 615 g/mol. The van der Waals surface area contributed by atoms with Crippen molar-refractivity contribution in [3.63, 3.8) is 0 Å². The summed E-state index contributed by atoms with van der Waals surface area (Å²) < 4.78 is 11.6. The molecule has 3 aromatic carbocycles. The number of aliphatic hydroxyl groups is 1. The van der Waals surface area contributed by atoms with Crippen LogP contribution in [0.2, 0.25) is 10.0 Å². The fourth-order valence-corrected chi connectivity index (χ4v) is 5.45. The van der Waals surface area contributed by atoms with Gasteiger partial charge in [-0.2, -0.15) is 10.5 Å². The molecular formula is C31H21Cl2N5O3S. The van der Waals surface area contributed by atoms with E-state index in [9.17, 15) is 10.5 Å². The van der Waals surface area contributed by atoms with Crippen molar-refractivity contribution in [2.45, 2.75) is 10.8 Å². The van der Waals surface area contributed by atoms with Gasteiger partial charge in [0.25, 0.3) is 0 Å². The number of aliphatic hydroxyl groups excluding tert-OH is 1. The summed E-state index contributed by atoms with van der Waals surface area (Å²) in [5.41, 5.74) is 9.61. The number of hydrogen-bond donors (Lipinski definition) is 2. The third kappa shape index (κ3) is 6.06. The van der Waals surface area contributed by atoms with Gasteiger partial charge in [-0.15, -0.1) is 0 Å². The highest BCUT2D eigenvalue weighted by Crippen LogP contribution is 2.39. The number of rotatable bonds is 9. The van der Waals surface area contributed by atoms with Gasteiger partial charge in [0, 0.05) is 22.4 Å². The van der Waals surface area contributed by atoms with Crippen LogP contribution in [-0.2, 0) is 5.75 Å². The second kappa shape index (κ2) is 13.0. The van der Waals surface area contributed by atoms with E-state index in [0.717, 1.165) is 5.56 Å². The third-order valence-electron chi connectivity index (χ3n) is 6.16. The first kappa shape index (κ1) is 29.0. The van der Waals surface area contributed by atoms with Crippen molar-refractivity contribution in [2.24, 2.45) is 0 Å². The first-order valence-electron chi connectivity index (χ1n) is 12.5. The van der Waals surface area contributed by atoms with E-state index in [1.165, 1.54) is 11.8 Å². The van der Waals surface area contributed by atoms with Crippen molar-refractivity contribution < 1.29 is 14.3 Å². The van der Waals surface area contributed by atoms with Gasteiger partial charge in [0.2, 0.25) is 5.89 Å². The van der Waals surface area contributed by atoms with Crippen molar-refractivity contribution in [3.8, 4) is 51.8 Å². The van der Waals surface area contributed by atoms with Crippen LogP contribution in [0, 0.1) is 22.7 Å². The minimum absolute atomic E-state index is 0.00883. The van der Waals surface area contributed by atoms with Crippen LogP contribution in [0.15, 0.2) is 82.2 Å². The number of benzene rings is 3. The quantitative estimate of drug-likeness (QED) is 0.163. The van der Waals surface area contributed by atoms with Gasteiger partial charge in [-0.25, -0.2) is 9.97 Å². The van der Waals surface area contributed by atoms with Crippen LogP contribution in [0.5, 0.6) is 5.75 Å². The molecule has 0 aliphatic carbocycles. The van der Waals surface area contributed by atoms with E-state index in [0.29, 0.717) is 54.9 Å². The monoisotopic (exact) mass is 613 g/mol. The summed E-state index contributed by atoms with van der Waals surface area (Å²) in [6.07, 6.45) is 0. The molecule has 2 heterocycles. The van der Waals surface area contributed by atoms with Crippen LogP contribution >= 0.6 is 35.0 Å². The summed E-state index contributed by atoms with van der Waals surface area (Å²) in [7, 11) is 0. The van der Waals surface area contributed by atoms with E-state index < -0.39 is 0 Å².